The van der Waals surface area contributed by atoms with Gasteiger partial charge in [0.25, 0.3) is 5.91 Å². The van der Waals surface area contributed by atoms with Crippen LogP contribution in [0.4, 0.5) is 5.69 Å². The number of carbonyl (C=O) groups excluding carboxylic acids is 1. The number of anilines is 1. The van der Waals surface area contributed by atoms with Gasteiger partial charge in [0.15, 0.2) is 9.84 Å². The molecule has 6 nitrogen and oxygen atoms in total. The Morgan fingerprint density at radius 2 is 2.05 bits per heavy atom. The lowest BCUT2D eigenvalue weighted by atomic mass is 10.1. The molecule has 19 heavy (non-hydrogen) atoms. The van der Waals surface area contributed by atoms with E-state index in [1.165, 1.54) is 0 Å². The first-order valence-electron chi connectivity index (χ1n) is 5.95. The number of nitrogens with one attached hydrogen (secondary N) is 2. The van der Waals surface area contributed by atoms with Crippen LogP contribution in [0, 0.1) is 6.92 Å². The molecule has 0 aromatic heterocycles. The van der Waals surface area contributed by atoms with Crippen molar-refractivity contribution >= 4 is 21.4 Å². The molecule has 1 aromatic rings. The number of nitrogen functional groups attached to an aromatic ring is 1. The van der Waals surface area contributed by atoms with Gasteiger partial charge in [0.2, 0.25) is 0 Å². The van der Waals surface area contributed by atoms with Gasteiger partial charge in [-0.1, -0.05) is 13.0 Å². The number of nitrogens with two attached hydrogens (primary N) is 1. The average Bonchev–Trinajstić information content (AvgIpc) is 2.38. The van der Waals surface area contributed by atoms with Crippen LogP contribution in [0.3, 0.4) is 0 Å². The molecule has 0 aliphatic carbocycles. The van der Waals surface area contributed by atoms with Gasteiger partial charge in [0, 0.05) is 12.3 Å². The minimum absolute atomic E-state index is 0.0630. The second kappa shape index (κ2) is 6.53. The fourth-order valence-electron chi connectivity index (χ4n) is 1.54. The summed E-state index contributed by atoms with van der Waals surface area (Å²) in [5.41, 5.74) is 4.33. The SMILES string of the molecule is CCS(=O)(=O)CCNC(=O)c1ccc(C)cc1NN. The first-order valence-corrected chi connectivity index (χ1v) is 7.77. The van der Waals surface area contributed by atoms with Crippen molar-refractivity contribution in [2.75, 3.05) is 23.5 Å². The first kappa shape index (κ1) is 15.5. The maximum atomic E-state index is 11.9. The van der Waals surface area contributed by atoms with Gasteiger partial charge >= 0.3 is 0 Å². The summed E-state index contributed by atoms with van der Waals surface area (Å²) in [5.74, 6) is 5.01. The van der Waals surface area contributed by atoms with E-state index >= 15 is 0 Å². The molecule has 0 radical (unpaired) electrons. The third-order valence-corrected chi connectivity index (χ3v) is 4.42. The highest BCUT2D eigenvalue weighted by molar-refractivity contribution is 7.91. The highest BCUT2D eigenvalue weighted by Gasteiger charge is 2.12. The van der Waals surface area contributed by atoms with E-state index in [2.05, 4.69) is 10.7 Å². The lowest BCUT2D eigenvalue weighted by molar-refractivity contribution is 0.0957. The Labute approximate surface area is 113 Å². The van der Waals surface area contributed by atoms with Crippen molar-refractivity contribution in [2.24, 2.45) is 5.84 Å². The zero-order valence-corrected chi connectivity index (χ0v) is 11.9. The molecule has 0 bridgehead atoms. The largest absolute Gasteiger partial charge is 0.351 e. The Bertz CT molecular complexity index is 555. The Morgan fingerprint density at radius 1 is 1.37 bits per heavy atom. The van der Waals surface area contributed by atoms with Crippen LogP contribution < -0.4 is 16.6 Å². The van der Waals surface area contributed by atoms with Crippen LogP contribution in [0.25, 0.3) is 0 Å². The molecule has 1 aromatic carbocycles. The third-order valence-electron chi connectivity index (χ3n) is 2.71. The quantitative estimate of drug-likeness (QED) is 0.520. The molecule has 0 saturated carbocycles. The molecular formula is C12H19N3O3S. The van der Waals surface area contributed by atoms with Crippen LogP contribution in [0.15, 0.2) is 18.2 Å². The number of carbonyl (C=O) groups is 1. The lowest BCUT2D eigenvalue weighted by Crippen LogP contribution is -2.30. The van der Waals surface area contributed by atoms with Crippen molar-refractivity contribution in [3.8, 4) is 0 Å². The van der Waals surface area contributed by atoms with Crippen LogP contribution in [0.2, 0.25) is 0 Å². The smallest absolute Gasteiger partial charge is 0.253 e. The number of hydrogen-bond donors (Lipinski definition) is 3. The fraction of sp³-hybridized carbons (Fsp3) is 0.417. The van der Waals surface area contributed by atoms with E-state index in [1.54, 1.807) is 25.1 Å². The summed E-state index contributed by atoms with van der Waals surface area (Å²) >= 11 is 0. The van der Waals surface area contributed by atoms with Crippen LogP contribution in [-0.4, -0.2) is 32.4 Å². The summed E-state index contributed by atoms with van der Waals surface area (Å²) < 4.78 is 22.6. The number of sulfone groups is 1. The van der Waals surface area contributed by atoms with E-state index in [9.17, 15) is 13.2 Å². The van der Waals surface area contributed by atoms with Gasteiger partial charge in [-0.05, 0) is 24.6 Å². The summed E-state index contributed by atoms with van der Waals surface area (Å²) in [6.07, 6.45) is 0. The van der Waals surface area contributed by atoms with Crippen molar-refractivity contribution < 1.29 is 13.2 Å². The van der Waals surface area contributed by atoms with Crippen molar-refractivity contribution in [2.45, 2.75) is 13.8 Å². The van der Waals surface area contributed by atoms with Crippen LogP contribution in [-0.2, 0) is 9.84 Å². The van der Waals surface area contributed by atoms with Gasteiger partial charge in [0.05, 0.1) is 17.0 Å². The first-order chi connectivity index (χ1) is 8.89. The molecule has 0 fully saturated rings. The minimum Gasteiger partial charge on any atom is -0.351 e. The topological polar surface area (TPSA) is 101 Å². The maximum absolute atomic E-state index is 11.9. The van der Waals surface area contributed by atoms with Gasteiger partial charge in [0.1, 0.15) is 0 Å². The molecule has 106 valence electrons. The fourth-order valence-corrected chi connectivity index (χ4v) is 2.24. The number of aryl methyl sites for hydroxylation is 1. The summed E-state index contributed by atoms with van der Waals surface area (Å²) in [6.45, 7) is 3.55. The van der Waals surface area contributed by atoms with Gasteiger partial charge in [-0.25, -0.2) is 8.42 Å². The molecule has 1 amide bonds. The van der Waals surface area contributed by atoms with Crippen molar-refractivity contribution in [1.29, 1.82) is 0 Å². The molecule has 0 spiro atoms. The van der Waals surface area contributed by atoms with E-state index < -0.39 is 9.84 Å². The number of hydrogen-bond acceptors (Lipinski definition) is 5. The summed E-state index contributed by atoms with van der Waals surface area (Å²) in [4.78, 5) is 11.9. The van der Waals surface area contributed by atoms with Crippen molar-refractivity contribution in [3.63, 3.8) is 0 Å². The summed E-state index contributed by atoms with van der Waals surface area (Å²) in [5, 5.41) is 2.57. The Balaban J connectivity index is 2.69. The number of rotatable bonds is 6. The molecule has 4 N–H and O–H groups in total. The average molecular weight is 285 g/mol. The standard InChI is InChI=1S/C12H19N3O3S/c1-3-19(17,18)7-6-14-12(16)10-5-4-9(2)8-11(10)15-13/h4-5,8,15H,3,6-7,13H2,1-2H3,(H,14,16). The van der Waals surface area contributed by atoms with E-state index in [0.717, 1.165) is 5.56 Å². The maximum Gasteiger partial charge on any atom is 0.253 e. The second-order valence-corrected chi connectivity index (χ2v) is 6.66. The molecule has 0 unspecified atom stereocenters. The van der Waals surface area contributed by atoms with E-state index in [4.69, 9.17) is 5.84 Å². The highest BCUT2D eigenvalue weighted by atomic mass is 32.2. The molecule has 0 atom stereocenters. The predicted octanol–water partition coefficient (Wildman–Crippen LogP) is 0.445. The molecule has 0 aliphatic heterocycles. The Morgan fingerprint density at radius 3 is 2.63 bits per heavy atom. The minimum atomic E-state index is -3.07. The highest BCUT2D eigenvalue weighted by Crippen LogP contribution is 2.16. The van der Waals surface area contributed by atoms with E-state index in [-0.39, 0.29) is 24.0 Å². The zero-order chi connectivity index (χ0) is 14.5. The van der Waals surface area contributed by atoms with Crippen LogP contribution >= 0.6 is 0 Å². The van der Waals surface area contributed by atoms with Crippen LogP contribution in [0.1, 0.15) is 22.8 Å². The van der Waals surface area contributed by atoms with Gasteiger partial charge in [-0.2, -0.15) is 0 Å². The number of benzene rings is 1. The van der Waals surface area contributed by atoms with Crippen LogP contribution in [0.5, 0.6) is 0 Å². The molecule has 0 saturated heterocycles. The van der Waals surface area contributed by atoms with Gasteiger partial charge in [-0.15, -0.1) is 0 Å². The predicted molar refractivity (Wildman–Crippen MR) is 75.7 cm³/mol. The number of hydrazine groups is 1. The Hall–Kier alpha value is -1.60. The zero-order valence-electron chi connectivity index (χ0n) is 11.1. The van der Waals surface area contributed by atoms with Gasteiger partial charge in [-0.3, -0.25) is 10.6 Å². The third kappa shape index (κ3) is 4.53. The molecule has 1 rings (SSSR count). The molecule has 7 heteroatoms. The summed E-state index contributed by atoms with van der Waals surface area (Å²) in [6, 6.07) is 5.18. The normalized spacial score (nSPS) is 11.1. The monoisotopic (exact) mass is 285 g/mol. The molecule has 0 aliphatic rings. The van der Waals surface area contributed by atoms with Crippen molar-refractivity contribution in [1.82, 2.24) is 5.32 Å². The molecule has 0 heterocycles. The summed E-state index contributed by atoms with van der Waals surface area (Å²) in [7, 11) is -3.07. The lowest BCUT2D eigenvalue weighted by Gasteiger charge is -2.10. The van der Waals surface area contributed by atoms with Crippen molar-refractivity contribution in [3.05, 3.63) is 29.3 Å². The van der Waals surface area contributed by atoms with E-state index in [0.29, 0.717) is 11.3 Å². The van der Waals surface area contributed by atoms with Gasteiger partial charge < -0.3 is 10.7 Å². The second-order valence-electron chi connectivity index (χ2n) is 4.19. The van der Waals surface area contributed by atoms with E-state index in [1.807, 2.05) is 6.92 Å². The molecular weight excluding hydrogens is 266 g/mol. The Kier molecular flexibility index (Phi) is 5.31. The number of amides is 1.